The Balaban J connectivity index is 1.47. The predicted molar refractivity (Wildman–Crippen MR) is 92.3 cm³/mol. The van der Waals surface area contributed by atoms with Crippen molar-refractivity contribution in [2.75, 3.05) is 11.9 Å². The number of amides is 2. The van der Waals surface area contributed by atoms with E-state index in [-0.39, 0.29) is 12.1 Å². The summed E-state index contributed by atoms with van der Waals surface area (Å²) in [6.45, 7) is 0.717. The molecule has 2 amide bonds. The summed E-state index contributed by atoms with van der Waals surface area (Å²) in [5.74, 6) is 0.821. The first-order valence-electron chi connectivity index (χ1n) is 8.24. The Morgan fingerprint density at radius 1 is 1.28 bits per heavy atom. The van der Waals surface area contributed by atoms with Crippen LogP contribution in [0.2, 0.25) is 0 Å². The van der Waals surface area contributed by atoms with Gasteiger partial charge < -0.3 is 14.8 Å². The Morgan fingerprint density at radius 3 is 2.80 bits per heavy atom. The van der Waals surface area contributed by atoms with Crippen molar-refractivity contribution >= 4 is 11.7 Å². The highest BCUT2D eigenvalue weighted by molar-refractivity contribution is 5.89. The molecule has 1 saturated heterocycles. The van der Waals surface area contributed by atoms with E-state index in [1.807, 2.05) is 53.0 Å². The van der Waals surface area contributed by atoms with Crippen LogP contribution in [0.25, 0.3) is 5.69 Å². The maximum absolute atomic E-state index is 12.7. The van der Waals surface area contributed by atoms with Gasteiger partial charge >= 0.3 is 6.03 Å². The fraction of sp³-hybridized carbons (Fsp3) is 0.294. The van der Waals surface area contributed by atoms with Crippen molar-refractivity contribution in [1.29, 1.82) is 0 Å². The number of anilines is 1. The molecule has 3 heterocycles. The molecule has 0 aliphatic carbocycles. The largest absolute Gasteiger partial charge is 0.322 e. The first-order valence-corrected chi connectivity index (χ1v) is 8.24. The van der Waals surface area contributed by atoms with Gasteiger partial charge in [-0.05, 0) is 43.2 Å². The van der Waals surface area contributed by atoms with E-state index in [4.69, 9.17) is 0 Å². The number of rotatable bonds is 3. The van der Waals surface area contributed by atoms with Gasteiger partial charge in [-0.1, -0.05) is 0 Å². The lowest BCUT2D eigenvalue weighted by Gasteiger charge is -2.24. The van der Waals surface area contributed by atoms with Gasteiger partial charge in [0, 0.05) is 31.7 Å². The summed E-state index contributed by atoms with van der Waals surface area (Å²) >= 11 is 0. The smallest absolute Gasteiger partial charge is 0.319 e. The summed E-state index contributed by atoms with van der Waals surface area (Å²) in [4.78, 5) is 14.5. The van der Waals surface area contributed by atoms with E-state index in [0.717, 1.165) is 30.0 Å². The third-order valence-electron chi connectivity index (χ3n) is 4.45. The standard InChI is InChI=1S/C17H19N7O/c1-22-12-18-21-16(22)15-4-2-10-23(15)17(25)20-13-5-7-14(8-6-13)24-11-3-9-19-24/h3,5-9,11-12,15H,2,4,10H2,1H3,(H,20,25)/t15-/m0/s1. The van der Waals surface area contributed by atoms with Crippen molar-refractivity contribution in [2.24, 2.45) is 7.05 Å². The molecule has 1 N–H and O–H groups in total. The third-order valence-corrected chi connectivity index (χ3v) is 4.45. The number of carbonyl (C=O) groups is 1. The van der Waals surface area contributed by atoms with Gasteiger partial charge in [-0.25, -0.2) is 9.48 Å². The fourth-order valence-corrected chi connectivity index (χ4v) is 3.19. The molecule has 1 atom stereocenters. The van der Waals surface area contributed by atoms with Crippen molar-refractivity contribution in [3.63, 3.8) is 0 Å². The zero-order chi connectivity index (χ0) is 17.2. The van der Waals surface area contributed by atoms with Gasteiger partial charge in [0.25, 0.3) is 0 Å². The van der Waals surface area contributed by atoms with Crippen LogP contribution < -0.4 is 5.32 Å². The number of nitrogens with one attached hydrogen (secondary N) is 1. The molecule has 0 radical (unpaired) electrons. The molecular weight excluding hydrogens is 318 g/mol. The number of hydrogen-bond acceptors (Lipinski definition) is 4. The zero-order valence-electron chi connectivity index (χ0n) is 13.9. The lowest BCUT2D eigenvalue weighted by atomic mass is 10.2. The summed E-state index contributed by atoms with van der Waals surface area (Å²) in [6.07, 6.45) is 7.14. The predicted octanol–water partition coefficient (Wildman–Crippen LogP) is 2.37. The molecule has 1 fully saturated rings. The van der Waals surface area contributed by atoms with Crippen molar-refractivity contribution in [3.8, 4) is 5.69 Å². The van der Waals surface area contributed by atoms with Crippen LogP contribution >= 0.6 is 0 Å². The second kappa shape index (κ2) is 6.39. The molecule has 25 heavy (non-hydrogen) atoms. The number of urea groups is 1. The monoisotopic (exact) mass is 337 g/mol. The lowest BCUT2D eigenvalue weighted by molar-refractivity contribution is 0.204. The van der Waals surface area contributed by atoms with E-state index in [1.54, 1.807) is 17.2 Å². The highest BCUT2D eigenvalue weighted by Gasteiger charge is 2.32. The Morgan fingerprint density at radius 2 is 2.12 bits per heavy atom. The Labute approximate surface area is 145 Å². The Hall–Kier alpha value is -3.16. The molecule has 8 nitrogen and oxygen atoms in total. The molecule has 0 unspecified atom stereocenters. The summed E-state index contributed by atoms with van der Waals surface area (Å²) in [6, 6.07) is 9.33. The van der Waals surface area contributed by atoms with Gasteiger partial charge in [0.15, 0.2) is 5.82 Å². The van der Waals surface area contributed by atoms with Crippen LogP contribution in [0.4, 0.5) is 10.5 Å². The van der Waals surface area contributed by atoms with E-state index < -0.39 is 0 Å². The van der Waals surface area contributed by atoms with E-state index in [1.165, 1.54) is 0 Å². The third kappa shape index (κ3) is 2.98. The second-order valence-corrected chi connectivity index (χ2v) is 6.08. The first-order chi connectivity index (χ1) is 12.2. The van der Waals surface area contributed by atoms with Crippen LogP contribution in [-0.4, -0.2) is 42.0 Å². The van der Waals surface area contributed by atoms with Crippen LogP contribution in [0.15, 0.2) is 49.1 Å². The molecule has 0 saturated carbocycles. The number of carbonyl (C=O) groups excluding carboxylic acids is 1. The number of likely N-dealkylation sites (tertiary alicyclic amines) is 1. The fourth-order valence-electron chi connectivity index (χ4n) is 3.19. The van der Waals surface area contributed by atoms with Gasteiger partial charge in [0.05, 0.1) is 11.7 Å². The molecule has 2 aromatic heterocycles. The van der Waals surface area contributed by atoms with Crippen molar-refractivity contribution in [1.82, 2.24) is 29.4 Å². The average molecular weight is 337 g/mol. The van der Waals surface area contributed by atoms with Crippen LogP contribution in [-0.2, 0) is 7.05 Å². The van der Waals surface area contributed by atoms with E-state index in [2.05, 4.69) is 20.6 Å². The summed E-state index contributed by atoms with van der Waals surface area (Å²) in [5, 5.41) is 15.2. The molecule has 1 aliphatic rings. The minimum absolute atomic E-state index is 0.0316. The molecule has 3 aromatic rings. The maximum Gasteiger partial charge on any atom is 0.322 e. The summed E-state index contributed by atoms with van der Waals surface area (Å²) < 4.78 is 3.64. The van der Waals surface area contributed by atoms with Crippen LogP contribution in [0.5, 0.6) is 0 Å². The zero-order valence-corrected chi connectivity index (χ0v) is 13.9. The number of nitrogens with zero attached hydrogens (tertiary/aromatic N) is 6. The summed E-state index contributed by atoms with van der Waals surface area (Å²) in [5.41, 5.74) is 1.70. The molecule has 0 spiro atoms. The van der Waals surface area contributed by atoms with E-state index >= 15 is 0 Å². The highest BCUT2D eigenvalue weighted by atomic mass is 16.2. The van der Waals surface area contributed by atoms with E-state index in [0.29, 0.717) is 6.54 Å². The first kappa shape index (κ1) is 15.4. The molecule has 1 aliphatic heterocycles. The van der Waals surface area contributed by atoms with E-state index in [9.17, 15) is 4.79 Å². The van der Waals surface area contributed by atoms with Crippen LogP contribution in [0.1, 0.15) is 24.7 Å². The van der Waals surface area contributed by atoms with Gasteiger partial charge in [0.2, 0.25) is 0 Å². The number of aryl methyl sites for hydroxylation is 1. The number of aromatic nitrogens is 5. The number of benzene rings is 1. The van der Waals surface area contributed by atoms with Crippen molar-refractivity contribution in [3.05, 3.63) is 54.9 Å². The molecule has 4 rings (SSSR count). The van der Waals surface area contributed by atoms with Gasteiger partial charge in [-0.3, -0.25) is 0 Å². The normalized spacial score (nSPS) is 17.0. The molecule has 0 bridgehead atoms. The Kier molecular flexibility index (Phi) is 3.93. The van der Waals surface area contributed by atoms with Crippen LogP contribution in [0.3, 0.4) is 0 Å². The topological polar surface area (TPSA) is 80.9 Å². The van der Waals surface area contributed by atoms with Gasteiger partial charge in [-0.15, -0.1) is 10.2 Å². The molecule has 128 valence electrons. The molecule has 1 aromatic carbocycles. The minimum Gasteiger partial charge on any atom is -0.319 e. The average Bonchev–Trinajstić information content (AvgIpc) is 3.36. The quantitative estimate of drug-likeness (QED) is 0.795. The maximum atomic E-state index is 12.7. The lowest BCUT2D eigenvalue weighted by Crippen LogP contribution is -2.35. The Bertz CT molecular complexity index is 854. The van der Waals surface area contributed by atoms with Gasteiger partial charge in [0.1, 0.15) is 6.33 Å². The van der Waals surface area contributed by atoms with Crippen LogP contribution in [0, 0.1) is 0 Å². The van der Waals surface area contributed by atoms with Crippen molar-refractivity contribution < 1.29 is 4.79 Å². The highest BCUT2D eigenvalue weighted by Crippen LogP contribution is 2.30. The molecular formula is C17H19N7O. The molecule has 8 heteroatoms. The SMILES string of the molecule is Cn1cnnc1[C@@H]1CCCN1C(=O)Nc1ccc(-n2cccn2)cc1. The minimum atomic E-state index is -0.114. The van der Waals surface area contributed by atoms with Gasteiger partial charge in [-0.2, -0.15) is 5.10 Å². The summed E-state index contributed by atoms with van der Waals surface area (Å²) in [7, 11) is 1.90. The van der Waals surface area contributed by atoms with Crippen molar-refractivity contribution in [2.45, 2.75) is 18.9 Å². The number of hydrogen-bond donors (Lipinski definition) is 1. The second-order valence-electron chi connectivity index (χ2n) is 6.08.